The largest absolute Gasteiger partial charge is 0.476 e. The Labute approximate surface area is 181 Å². The van der Waals surface area contributed by atoms with Gasteiger partial charge in [-0.1, -0.05) is 109 Å². The summed E-state index contributed by atoms with van der Waals surface area (Å²) in [6.07, 6.45) is 1.80. The van der Waals surface area contributed by atoms with Gasteiger partial charge in [0.2, 0.25) is 0 Å². The summed E-state index contributed by atoms with van der Waals surface area (Å²) in [5, 5.41) is 0. The second-order valence-corrected chi connectivity index (χ2v) is 8.05. The predicted octanol–water partition coefficient (Wildman–Crippen LogP) is 5.93. The molecule has 31 heavy (non-hydrogen) atoms. The second kappa shape index (κ2) is 6.55. The zero-order valence-corrected chi connectivity index (χ0v) is 16.9. The minimum absolute atomic E-state index is 0.0476. The van der Waals surface area contributed by atoms with E-state index in [9.17, 15) is 4.79 Å². The van der Waals surface area contributed by atoms with Crippen LogP contribution in [-0.2, 0) is 15.8 Å². The van der Waals surface area contributed by atoms with Gasteiger partial charge in [0.15, 0.2) is 11.4 Å². The molecule has 4 aromatic carbocycles. The van der Waals surface area contributed by atoms with Crippen LogP contribution in [0, 0.1) is 0 Å². The Morgan fingerprint density at radius 1 is 0.581 bits per heavy atom. The van der Waals surface area contributed by atoms with Crippen molar-refractivity contribution in [3.05, 3.63) is 144 Å². The maximum Gasteiger partial charge on any atom is 0.181 e. The fraction of sp³-hybridized carbons (Fsp3) is 0.0690. The van der Waals surface area contributed by atoms with Crippen LogP contribution < -0.4 is 4.74 Å². The lowest BCUT2D eigenvalue weighted by molar-refractivity contribution is -0.120. The number of allylic oxidation sites excluding steroid dienone is 1. The van der Waals surface area contributed by atoms with E-state index in [1.54, 1.807) is 6.08 Å². The van der Waals surface area contributed by atoms with Gasteiger partial charge in [-0.3, -0.25) is 4.79 Å². The molecule has 0 saturated carbocycles. The third-order valence-corrected chi connectivity index (χ3v) is 6.58. The van der Waals surface area contributed by atoms with Gasteiger partial charge in [-0.05, 0) is 23.3 Å². The molecule has 0 saturated heterocycles. The molecule has 1 heterocycles. The SMILES string of the molecule is O=C1C=C(c2ccccc2)[C@@]2(c3ccccc3)Oc3ccccc3[C@@]12c1ccccc1. The van der Waals surface area contributed by atoms with Crippen molar-refractivity contribution in [3.63, 3.8) is 0 Å². The lowest BCUT2D eigenvalue weighted by Gasteiger charge is -2.41. The number of carbonyl (C=O) groups excluding carboxylic acids is 1. The summed E-state index contributed by atoms with van der Waals surface area (Å²) in [4.78, 5) is 14.1. The van der Waals surface area contributed by atoms with Crippen molar-refractivity contribution in [1.29, 1.82) is 0 Å². The quantitative estimate of drug-likeness (QED) is 0.426. The van der Waals surface area contributed by atoms with Gasteiger partial charge in [-0.15, -0.1) is 0 Å². The highest BCUT2D eigenvalue weighted by atomic mass is 16.5. The summed E-state index contributed by atoms with van der Waals surface area (Å²) < 4.78 is 6.91. The molecule has 0 aromatic heterocycles. The van der Waals surface area contributed by atoms with Crippen molar-refractivity contribution in [2.75, 3.05) is 0 Å². The van der Waals surface area contributed by atoms with Gasteiger partial charge >= 0.3 is 0 Å². The molecule has 4 aromatic rings. The molecule has 2 atom stereocenters. The molecular formula is C29H20O2. The molecule has 0 fully saturated rings. The minimum atomic E-state index is -0.989. The molecule has 0 radical (unpaired) electrons. The number of ketones is 1. The Bertz CT molecular complexity index is 1310. The highest BCUT2D eigenvalue weighted by molar-refractivity contribution is 6.16. The molecule has 0 amide bonds. The third kappa shape index (κ3) is 2.19. The molecule has 2 heteroatoms. The zero-order valence-electron chi connectivity index (χ0n) is 16.9. The molecule has 0 N–H and O–H groups in total. The normalized spacial score (nSPS) is 23.6. The fourth-order valence-electron chi connectivity index (χ4n) is 5.40. The minimum Gasteiger partial charge on any atom is -0.476 e. The topological polar surface area (TPSA) is 26.3 Å². The van der Waals surface area contributed by atoms with Gasteiger partial charge in [0.1, 0.15) is 11.2 Å². The molecule has 1 aliphatic carbocycles. The van der Waals surface area contributed by atoms with Gasteiger partial charge < -0.3 is 4.74 Å². The summed E-state index contributed by atoms with van der Waals surface area (Å²) in [6.45, 7) is 0. The number of ether oxygens (including phenoxy) is 1. The molecular weight excluding hydrogens is 380 g/mol. The summed E-state index contributed by atoms with van der Waals surface area (Å²) >= 11 is 0. The first-order chi connectivity index (χ1) is 15.3. The van der Waals surface area contributed by atoms with E-state index in [1.807, 2.05) is 91.0 Å². The Hall–Kier alpha value is -3.91. The van der Waals surface area contributed by atoms with Crippen LogP contribution in [0.2, 0.25) is 0 Å². The van der Waals surface area contributed by atoms with Crippen LogP contribution in [0.4, 0.5) is 0 Å². The summed E-state index contributed by atoms with van der Waals surface area (Å²) in [7, 11) is 0. The third-order valence-electron chi connectivity index (χ3n) is 6.58. The first-order valence-corrected chi connectivity index (χ1v) is 10.5. The summed E-state index contributed by atoms with van der Waals surface area (Å²) in [6, 6.07) is 38.3. The number of carbonyl (C=O) groups is 1. The van der Waals surface area contributed by atoms with Crippen molar-refractivity contribution < 1.29 is 9.53 Å². The molecule has 148 valence electrons. The first-order valence-electron chi connectivity index (χ1n) is 10.5. The van der Waals surface area contributed by atoms with Crippen LogP contribution in [0.1, 0.15) is 22.3 Å². The van der Waals surface area contributed by atoms with Crippen LogP contribution in [0.3, 0.4) is 0 Å². The summed E-state index contributed by atoms with van der Waals surface area (Å²) in [5.74, 6) is 0.802. The van der Waals surface area contributed by atoms with Crippen molar-refractivity contribution in [3.8, 4) is 5.75 Å². The zero-order chi connectivity index (χ0) is 20.9. The van der Waals surface area contributed by atoms with E-state index < -0.39 is 11.0 Å². The van der Waals surface area contributed by atoms with Crippen LogP contribution >= 0.6 is 0 Å². The molecule has 2 nitrogen and oxygen atoms in total. The molecule has 0 spiro atoms. The van der Waals surface area contributed by atoms with Crippen molar-refractivity contribution in [1.82, 2.24) is 0 Å². The van der Waals surface area contributed by atoms with Crippen molar-refractivity contribution in [2.45, 2.75) is 11.0 Å². The lowest BCUT2D eigenvalue weighted by atomic mass is 9.61. The first kappa shape index (κ1) is 17.9. The maximum atomic E-state index is 14.1. The van der Waals surface area contributed by atoms with Crippen molar-refractivity contribution >= 4 is 11.4 Å². The van der Waals surface area contributed by atoms with Crippen LogP contribution in [0.5, 0.6) is 5.75 Å². The molecule has 2 aliphatic rings. The van der Waals surface area contributed by atoms with E-state index in [0.717, 1.165) is 33.6 Å². The lowest BCUT2D eigenvalue weighted by Crippen LogP contribution is -2.51. The van der Waals surface area contributed by atoms with E-state index in [1.165, 1.54) is 0 Å². The van der Waals surface area contributed by atoms with E-state index >= 15 is 0 Å². The molecule has 0 unspecified atom stereocenters. The van der Waals surface area contributed by atoms with Crippen LogP contribution in [-0.4, -0.2) is 5.78 Å². The average molecular weight is 400 g/mol. The monoisotopic (exact) mass is 400 g/mol. The molecule has 6 rings (SSSR count). The fourth-order valence-corrected chi connectivity index (χ4v) is 5.40. The Morgan fingerprint density at radius 2 is 1.13 bits per heavy atom. The number of benzene rings is 4. The Kier molecular flexibility index (Phi) is 3.78. The van der Waals surface area contributed by atoms with Gasteiger partial charge in [0.25, 0.3) is 0 Å². The van der Waals surface area contributed by atoms with Gasteiger partial charge in [-0.2, -0.15) is 0 Å². The number of rotatable bonds is 3. The average Bonchev–Trinajstić information content (AvgIpc) is 3.30. The smallest absolute Gasteiger partial charge is 0.181 e. The molecule has 1 aliphatic heterocycles. The van der Waals surface area contributed by atoms with E-state index in [-0.39, 0.29) is 5.78 Å². The predicted molar refractivity (Wildman–Crippen MR) is 122 cm³/mol. The Morgan fingerprint density at radius 3 is 1.81 bits per heavy atom. The van der Waals surface area contributed by atoms with Crippen LogP contribution in [0.25, 0.3) is 5.57 Å². The van der Waals surface area contributed by atoms with E-state index in [0.29, 0.717) is 0 Å². The highest BCUT2D eigenvalue weighted by Crippen LogP contribution is 2.66. The standard InChI is InChI=1S/C29H20O2/c30-27-20-25(21-12-4-1-5-13-21)29(23-16-8-3-9-17-23)28(27,22-14-6-2-7-15-22)24-18-10-11-19-26(24)31-29/h1-20H/t28-,29+/m0/s1. The molecule has 0 bridgehead atoms. The maximum absolute atomic E-state index is 14.1. The Balaban J connectivity index is 1.77. The van der Waals surface area contributed by atoms with Gasteiger partial charge in [0.05, 0.1) is 0 Å². The van der Waals surface area contributed by atoms with Crippen molar-refractivity contribution in [2.24, 2.45) is 0 Å². The number of para-hydroxylation sites is 1. The van der Waals surface area contributed by atoms with Gasteiger partial charge in [-0.25, -0.2) is 0 Å². The number of hydrogen-bond donors (Lipinski definition) is 0. The van der Waals surface area contributed by atoms with Crippen LogP contribution in [0.15, 0.2) is 121 Å². The van der Waals surface area contributed by atoms with E-state index in [4.69, 9.17) is 4.74 Å². The number of fused-ring (bicyclic) bond motifs is 3. The van der Waals surface area contributed by atoms with Gasteiger partial charge in [0, 0.05) is 16.7 Å². The summed E-state index contributed by atoms with van der Waals surface area (Å²) in [5.41, 5.74) is 2.73. The highest BCUT2D eigenvalue weighted by Gasteiger charge is 2.70. The van der Waals surface area contributed by atoms with E-state index in [2.05, 4.69) is 24.3 Å². The number of hydrogen-bond acceptors (Lipinski definition) is 2. The second-order valence-electron chi connectivity index (χ2n) is 8.05.